The third-order valence-corrected chi connectivity index (χ3v) is 3.95. The molecule has 5 N–H and O–H groups in total. The van der Waals surface area contributed by atoms with Crippen molar-refractivity contribution in [2.45, 2.75) is 45.1 Å². The highest BCUT2D eigenvalue weighted by atomic mass is 16.5. The fourth-order valence-corrected chi connectivity index (χ4v) is 2.56. The molecule has 0 aliphatic heterocycles. The Labute approximate surface area is 160 Å². The summed E-state index contributed by atoms with van der Waals surface area (Å²) in [5, 5.41) is 13.0. The molecule has 2 amide bonds. The van der Waals surface area contributed by atoms with E-state index in [4.69, 9.17) is 15.9 Å². The van der Waals surface area contributed by atoms with Crippen molar-refractivity contribution in [2.75, 3.05) is 13.2 Å². The zero-order valence-corrected chi connectivity index (χ0v) is 15.9. The van der Waals surface area contributed by atoms with Crippen LogP contribution >= 0.6 is 0 Å². The summed E-state index contributed by atoms with van der Waals surface area (Å²) in [5.41, 5.74) is 7.32. The number of nitrogens with two attached hydrogens (primary N) is 1. The number of carbonyl (C=O) groups excluding carboxylic acids is 2. The van der Waals surface area contributed by atoms with Gasteiger partial charge in [-0.05, 0) is 38.2 Å². The summed E-state index contributed by atoms with van der Waals surface area (Å²) in [6.07, 6.45) is 4.96. The first-order valence-corrected chi connectivity index (χ1v) is 9.20. The van der Waals surface area contributed by atoms with Crippen molar-refractivity contribution in [3.05, 3.63) is 48.0 Å². The lowest BCUT2D eigenvalue weighted by molar-refractivity contribution is -0.143. The molecule has 0 saturated carbocycles. The SMILES string of the molecule is C=CCC(CC(=O)OCC)NC(=O)NCCCCc1ccc(C(=N)N)cc1. The Morgan fingerprint density at radius 2 is 2.00 bits per heavy atom. The largest absolute Gasteiger partial charge is 0.466 e. The van der Waals surface area contributed by atoms with E-state index in [0.717, 1.165) is 19.3 Å². The fourth-order valence-electron chi connectivity index (χ4n) is 2.56. The monoisotopic (exact) mass is 374 g/mol. The molecule has 27 heavy (non-hydrogen) atoms. The molecule has 7 heteroatoms. The van der Waals surface area contributed by atoms with Gasteiger partial charge in [0.15, 0.2) is 0 Å². The number of hydrogen-bond donors (Lipinski definition) is 4. The number of esters is 1. The summed E-state index contributed by atoms with van der Waals surface area (Å²) in [6.45, 7) is 6.27. The second-order valence-corrected chi connectivity index (χ2v) is 6.20. The predicted molar refractivity (Wildman–Crippen MR) is 107 cm³/mol. The molecule has 0 aliphatic carbocycles. The van der Waals surface area contributed by atoms with Crippen LogP contribution in [-0.4, -0.2) is 37.0 Å². The minimum absolute atomic E-state index is 0.0643. The van der Waals surface area contributed by atoms with E-state index in [1.54, 1.807) is 13.0 Å². The molecule has 0 heterocycles. The van der Waals surface area contributed by atoms with Crippen LogP contribution in [0.25, 0.3) is 0 Å². The van der Waals surface area contributed by atoms with Crippen molar-refractivity contribution in [1.82, 2.24) is 10.6 Å². The van der Waals surface area contributed by atoms with Crippen molar-refractivity contribution in [3.63, 3.8) is 0 Å². The zero-order valence-electron chi connectivity index (χ0n) is 15.9. The maximum Gasteiger partial charge on any atom is 0.315 e. The Morgan fingerprint density at radius 1 is 1.30 bits per heavy atom. The lowest BCUT2D eigenvalue weighted by Gasteiger charge is -2.17. The van der Waals surface area contributed by atoms with Crippen molar-refractivity contribution in [2.24, 2.45) is 5.73 Å². The third kappa shape index (κ3) is 9.44. The Morgan fingerprint density at radius 3 is 2.59 bits per heavy atom. The number of amides is 2. The van der Waals surface area contributed by atoms with Gasteiger partial charge in [-0.3, -0.25) is 10.2 Å². The molecule has 0 spiro atoms. The normalized spacial score (nSPS) is 11.3. The highest BCUT2D eigenvalue weighted by Crippen LogP contribution is 2.07. The van der Waals surface area contributed by atoms with Gasteiger partial charge in [0, 0.05) is 18.2 Å². The summed E-state index contributed by atoms with van der Waals surface area (Å²) in [6, 6.07) is 7.00. The standard InChI is InChI=1S/C20H30N4O3/c1-3-7-17(14-18(25)27-4-2)24-20(26)23-13-6-5-8-15-9-11-16(12-10-15)19(21)22/h3,9-12,17H,1,4-8,13-14H2,2H3,(H3,21,22)(H2,23,24,26). The maximum absolute atomic E-state index is 12.0. The van der Waals surface area contributed by atoms with Crippen LogP contribution < -0.4 is 16.4 Å². The van der Waals surface area contributed by atoms with E-state index >= 15 is 0 Å². The van der Waals surface area contributed by atoms with Gasteiger partial charge in [-0.15, -0.1) is 6.58 Å². The molecule has 0 aromatic heterocycles. The van der Waals surface area contributed by atoms with E-state index in [1.807, 2.05) is 24.3 Å². The van der Waals surface area contributed by atoms with Gasteiger partial charge in [0.2, 0.25) is 0 Å². The van der Waals surface area contributed by atoms with Gasteiger partial charge < -0.3 is 21.1 Å². The summed E-state index contributed by atoms with van der Waals surface area (Å²) in [4.78, 5) is 23.5. The van der Waals surface area contributed by atoms with Gasteiger partial charge >= 0.3 is 12.0 Å². The lowest BCUT2D eigenvalue weighted by Crippen LogP contribution is -2.43. The van der Waals surface area contributed by atoms with Crippen LogP contribution in [-0.2, 0) is 16.0 Å². The Balaban J connectivity index is 2.25. The number of amidine groups is 1. The minimum Gasteiger partial charge on any atom is -0.466 e. The van der Waals surface area contributed by atoms with E-state index in [1.165, 1.54) is 5.56 Å². The molecular formula is C20H30N4O3. The molecular weight excluding hydrogens is 344 g/mol. The lowest BCUT2D eigenvalue weighted by atomic mass is 10.1. The third-order valence-electron chi connectivity index (χ3n) is 3.95. The molecule has 0 radical (unpaired) electrons. The van der Waals surface area contributed by atoms with Crippen LogP contribution in [0.5, 0.6) is 0 Å². The first-order valence-electron chi connectivity index (χ1n) is 9.20. The molecule has 7 nitrogen and oxygen atoms in total. The van der Waals surface area contributed by atoms with E-state index in [2.05, 4.69) is 17.2 Å². The maximum atomic E-state index is 12.0. The van der Waals surface area contributed by atoms with Crippen molar-refractivity contribution >= 4 is 17.8 Å². The number of urea groups is 1. The van der Waals surface area contributed by atoms with Crippen LogP contribution in [0.2, 0.25) is 0 Å². The Kier molecular flexibility index (Phi) is 10.3. The van der Waals surface area contributed by atoms with Gasteiger partial charge in [-0.1, -0.05) is 30.3 Å². The average Bonchev–Trinajstić information content (AvgIpc) is 2.62. The molecule has 0 fully saturated rings. The Hall–Kier alpha value is -2.83. The minimum atomic E-state index is -0.333. The number of nitrogens with one attached hydrogen (secondary N) is 3. The second-order valence-electron chi connectivity index (χ2n) is 6.20. The van der Waals surface area contributed by atoms with E-state index in [0.29, 0.717) is 25.1 Å². The van der Waals surface area contributed by atoms with Gasteiger partial charge in [-0.2, -0.15) is 0 Å². The number of benzene rings is 1. The fraction of sp³-hybridized carbons (Fsp3) is 0.450. The van der Waals surface area contributed by atoms with Gasteiger partial charge in [0.1, 0.15) is 5.84 Å². The van der Waals surface area contributed by atoms with Crippen LogP contribution in [0.15, 0.2) is 36.9 Å². The van der Waals surface area contributed by atoms with Crippen LogP contribution in [0, 0.1) is 5.41 Å². The number of aryl methyl sites for hydroxylation is 1. The zero-order chi connectivity index (χ0) is 20.1. The molecule has 1 aromatic carbocycles. The number of ether oxygens (including phenoxy) is 1. The highest BCUT2D eigenvalue weighted by Gasteiger charge is 2.15. The summed E-state index contributed by atoms with van der Waals surface area (Å²) < 4.78 is 4.91. The predicted octanol–water partition coefficient (Wildman–Crippen LogP) is 2.49. The Bertz CT molecular complexity index is 629. The molecule has 1 atom stereocenters. The second kappa shape index (κ2) is 12.5. The first kappa shape index (κ1) is 22.2. The van der Waals surface area contributed by atoms with Crippen LogP contribution in [0.1, 0.15) is 43.7 Å². The van der Waals surface area contributed by atoms with Gasteiger partial charge in [-0.25, -0.2) is 4.79 Å². The smallest absolute Gasteiger partial charge is 0.315 e. The highest BCUT2D eigenvalue weighted by molar-refractivity contribution is 5.94. The molecule has 0 saturated heterocycles. The first-order chi connectivity index (χ1) is 13.0. The molecule has 1 rings (SSSR count). The number of rotatable bonds is 12. The van der Waals surface area contributed by atoms with Crippen LogP contribution in [0.4, 0.5) is 4.79 Å². The molecule has 0 bridgehead atoms. The van der Waals surface area contributed by atoms with Gasteiger partial charge in [0.05, 0.1) is 13.0 Å². The number of unbranched alkanes of at least 4 members (excludes halogenated alkanes) is 1. The summed E-state index contributed by atoms with van der Waals surface area (Å²) >= 11 is 0. The molecule has 0 aliphatic rings. The number of carbonyl (C=O) groups is 2. The van der Waals surface area contributed by atoms with E-state index < -0.39 is 0 Å². The van der Waals surface area contributed by atoms with Crippen LogP contribution in [0.3, 0.4) is 0 Å². The summed E-state index contributed by atoms with van der Waals surface area (Å²) in [7, 11) is 0. The topological polar surface area (TPSA) is 117 Å². The van der Waals surface area contributed by atoms with E-state index in [9.17, 15) is 9.59 Å². The number of nitrogen functional groups attached to an aromatic ring is 1. The van der Waals surface area contributed by atoms with Crippen molar-refractivity contribution < 1.29 is 14.3 Å². The van der Waals surface area contributed by atoms with E-state index in [-0.39, 0.29) is 30.3 Å². The van der Waals surface area contributed by atoms with Crippen molar-refractivity contribution in [1.29, 1.82) is 5.41 Å². The molecule has 148 valence electrons. The number of hydrogen-bond acceptors (Lipinski definition) is 4. The molecule has 1 aromatic rings. The molecule has 1 unspecified atom stereocenters. The summed E-state index contributed by atoms with van der Waals surface area (Å²) in [5.74, 6) is -0.269. The van der Waals surface area contributed by atoms with Crippen molar-refractivity contribution in [3.8, 4) is 0 Å². The van der Waals surface area contributed by atoms with Gasteiger partial charge in [0.25, 0.3) is 0 Å². The quantitative estimate of drug-likeness (QED) is 0.148. The average molecular weight is 374 g/mol.